The third-order valence-electron chi connectivity index (χ3n) is 2.49. The van der Waals surface area contributed by atoms with E-state index in [1.807, 2.05) is 0 Å². The third-order valence-corrected chi connectivity index (χ3v) is 2.68. The molecule has 19 heavy (non-hydrogen) atoms. The highest BCUT2D eigenvalue weighted by molar-refractivity contribution is 6.29. The van der Waals surface area contributed by atoms with Crippen LogP contribution in [0.2, 0.25) is 5.15 Å². The fourth-order valence-corrected chi connectivity index (χ4v) is 1.96. The number of aryl methyl sites for hydroxylation is 1. The first-order valence-corrected chi connectivity index (χ1v) is 5.88. The van der Waals surface area contributed by atoms with Crippen molar-refractivity contribution < 1.29 is 13.2 Å². The van der Waals surface area contributed by atoms with Crippen LogP contribution in [0, 0.1) is 6.92 Å². The summed E-state index contributed by atoms with van der Waals surface area (Å²) in [6.07, 6.45) is -4.13. The summed E-state index contributed by atoms with van der Waals surface area (Å²) in [5.74, 6) is 0.407. The normalized spacial score (nSPS) is 11.6. The Morgan fingerprint density at radius 3 is 2.53 bits per heavy atom. The maximum atomic E-state index is 12.6. The molecule has 0 unspecified atom stereocenters. The Hall–Kier alpha value is -1.62. The molecule has 0 saturated carbocycles. The van der Waals surface area contributed by atoms with Crippen LogP contribution in [0.1, 0.15) is 22.6 Å². The monoisotopic (exact) mass is 286 g/mol. The molecule has 0 amide bonds. The number of halogens is 4. The van der Waals surface area contributed by atoms with Gasteiger partial charge in [-0.25, -0.2) is 9.97 Å². The van der Waals surface area contributed by atoms with Crippen molar-refractivity contribution in [3.8, 4) is 0 Å². The van der Waals surface area contributed by atoms with E-state index in [1.165, 1.54) is 6.07 Å². The topological polar surface area (TPSA) is 25.8 Å². The molecule has 0 aliphatic carbocycles. The zero-order chi connectivity index (χ0) is 14.0. The molecule has 1 heterocycles. The Morgan fingerprint density at radius 1 is 1.16 bits per heavy atom. The number of benzene rings is 1. The molecule has 1 aromatic heterocycles. The molecular weight excluding hydrogens is 277 g/mol. The van der Waals surface area contributed by atoms with E-state index in [2.05, 4.69) is 9.97 Å². The Morgan fingerprint density at radius 2 is 1.89 bits per heavy atom. The second-order valence-electron chi connectivity index (χ2n) is 4.12. The van der Waals surface area contributed by atoms with Gasteiger partial charge in [-0.05, 0) is 24.6 Å². The van der Waals surface area contributed by atoms with E-state index < -0.39 is 11.7 Å². The molecule has 0 radical (unpaired) electrons. The van der Waals surface area contributed by atoms with Gasteiger partial charge in [-0.15, -0.1) is 0 Å². The average Bonchev–Trinajstić information content (AvgIpc) is 2.26. The summed E-state index contributed by atoms with van der Waals surface area (Å²) in [4.78, 5) is 8.14. The zero-order valence-corrected chi connectivity index (χ0v) is 10.8. The molecule has 1 aromatic carbocycles. The molecule has 2 rings (SSSR count). The van der Waals surface area contributed by atoms with Gasteiger partial charge in [-0.1, -0.05) is 29.8 Å². The van der Waals surface area contributed by atoms with Crippen molar-refractivity contribution in [1.82, 2.24) is 9.97 Å². The Bertz CT molecular complexity index is 576. The predicted octanol–water partition coefficient (Wildman–Crippen LogP) is 4.05. The molecule has 0 bridgehead atoms. The highest BCUT2D eigenvalue weighted by atomic mass is 35.5. The molecule has 2 aromatic rings. The number of alkyl halides is 3. The van der Waals surface area contributed by atoms with Gasteiger partial charge < -0.3 is 0 Å². The summed E-state index contributed by atoms with van der Waals surface area (Å²) >= 11 is 5.79. The second kappa shape index (κ2) is 5.17. The summed E-state index contributed by atoms with van der Waals surface area (Å²) in [7, 11) is 0. The van der Waals surface area contributed by atoms with Crippen LogP contribution in [-0.4, -0.2) is 9.97 Å². The van der Waals surface area contributed by atoms with Gasteiger partial charge in [0.05, 0.1) is 5.56 Å². The number of aromatic nitrogens is 2. The smallest absolute Gasteiger partial charge is 0.238 e. The molecule has 0 aliphatic heterocycles. The van der Waals surface area contributed by atoms with Crippen LogP contribution in [-0.2, 0) is 12.6 Å². The maximum Gasteiger partial charge on any atom is 0.416 e. The minimum absolute atomic E-state index is 0.214. The van der Waals surface area contributed by atoms with Crippen molar-refractivity contribution in [3.63, 3.8) is 0 Å². The highest BCUT2D eigenvalue weighted by Crippen LogP contribution is 2.29. The van der Waals surface area contributed by atoms with Crippen LogP contribution < -0.4 is 0 Å². The fourth-order valence-electron chi connectivity index (χ4n) is 1.71. The number of hydrogen-bond acceptors (Lipinski definition) is 2. The summed E-state index contributed by atoms with van der Waals surface area (Å²) in [6, 6.07) is 6.70. The Kier molecular flexibility index (Phi) is 3.75. The predicted molar refractivity (Wildman–Crippen MR) is 66.0 cm³/mol. The minimum Gasteiger partial charge on any atom is -0.238 e. The molecular formula is C13H10ClF3N2. The standard InChI is InChI=1S/C13H10ClF3N2/c1-8-5-11(14)19-12(18-8)7-9-3-2-4-10(6-9)13(15,16)17/h2-6H,7H2,1H3. The van der Waals surface area contributed by atoms with Gasteiger partial charge in [0.25, 0.3) is 0 Å². The lowest BCUT2D eigenvalue weighted by atomic mass is 10.1. The molecule has 2 nitrogen and oxygen atoms in total. The van der Waals surface area contributed by atoms with Gasteiger partial charge in [0, 0.05) is 12.1 Å². The van der Waals surface area contributed by atoms with E-state index in [9.17, 15) is 13.2 Å². The van der Waals surface area contributed by atoms with E-state index >= 15 is 0 Å². The quantitative estimate of drug-likeness (QED) is 0.779. The van der Waals surface area contributed by atoms with E-state index in [0.717, 1.165) is 12.1 Å². The number of hydrogen-bond donors (Lipinski definition) is 0. The van der Waals surface area contributed by atoms with E-state index in [4.69, 9.17) is 11.6 Å². The van der Waals surface area contributed by atoms with Gasteiger partial charge in [-0.3, -0.25) is 0 Å². The van der Waals surface area contributed by atoms with Crippen LogP contribution in [0.15, 0.2) is 30.3 Å². The Balaban J connectivity index is 2.28. The zero-order valence-electron chi connectivity index (χ0n) is 10.0. The van der Waals surface area contributed by atoms with Crippen molar-refractivity contribution in [2.75, 3.05) is 0 Å². The SMILES string of the molecule is Cc1cc(Cl)nc(Cc2cccc(C(F)(F)F)c2)n1. The molecule has 6 heteroatoms. The fraction of sp³-hybridized carbons (Fsp3) is 0.231. The maximum absolute atomic E-state index is 12.6. The Labute approximate surface area is 113 Å². The first-order valence-electron chi connectivity index (χ1n) is 5.51. The van der Waals surface area contributed by atoms with Gasteiger partial charge in [-0.2, -0.15) is 13.2 Å². The molecule has 100 valence electrons. The second-order valence-corrected chi connectivity index (χ2v) is 4.51. The molecule has 0 atom stereocenters. The first-order chi connectivity index (χ1) is 8.84. The summed E-state index contributed by atoms with van der Waals surface area (Å²) in [5, 5.41) is 0.287. The lowest BCUT2D eigenvalue weighted by Gasteiger charge is -2.08. The van der Waals surface area contributed by atoms with Crippen LogP contribution >= 0.6 is 11.6 Å². The molecule has 0 spiro atoms. The van der Waals surface area contributed by atoms with Crippen molar-refractivity contribution in [2.24, 2.45) is 0 Å². The van der Waals surface area contributed by atoms with Crippen molar-refractivity contribution in [2.45, 2.75) is 19.5 Å². The number of nitrogens with zero attached hydrogens (tertiary/aromatic N) is 2. The average molecular weight is 287 g/mol. The van der Waals surface area contributed by atoms with Gasteiger partial charge in [0.1, 0.15) is 11.0 Å². The van der Waals surface area contributed by atoms with Crippen LogP contribution in [0.3, 0.4) is 0 Å². The third kappa shape index (κ3) is 3.67. The van der Waals surface area contributed by atoms with Crippen LogP contribution in [0.4, 0.5) is 13.2 Å². The summed E-state index contributed by atoms with van der Waals surface area (Å²) < 4.78 is 37.7. The minimum atomic E-state index is -4.35. The van der Waals surface area contributed by atoms with E-state index in [-0.39, 0.29) is 11.6 Å². The first kappa shape index (κ1) is 13.8. The van der Waals surface area contributed by atoms with Crippen LogP contribution in [0.25, 0.3) is 0 Å². The molecule has 0 aliphatic rings. The lowest BCUT2D eigenvalue weighted by molar-refractivity contribution is -0.137. The number of rotatable bonds is 2. The lowest BCUT2D eigenvalue weighted by Crippen LogP contribution is -2.06. The van der Waals surface area contributed by atoms with E-state index in [0.29, 0.717) is 17.1 Å². The van der Waals surface area contributed by atoms with Gasteiger partial charge in [0.15, 0.2) is 0 Å². The van der Waals surface area contributed by atoms with Crippen molar-refractivity contribution in [3.05, 3.63) is 58.1 Å². The van der Waals surface area contributed by atoms with E-state index in [1.54, 1.807) is 19.1 Å². The molecule has 0 saturated heterocycles. The van der Waals surface area contributed by atoms with Gasteiger partial charge >= 0.3 is 6.18 Å². The summed E-state index contributed by atoms with van der Waals surface area (Å²) in [6.45, 7) is 1.75. The highest BCUT2D eigenvalue weighted by Gasteiger charge is 2.30. The largest absolute Gasteiger partial charge is 0.416 e. The van der Waals surface area contributed by atoms with Crippen molar-refractivity contribution >= 4 is 11.6 Å². The van der Waals surface area contributed by atoms with Crippen LogP contribution in [0.5, 0.6) is 0 Å². The van der Waals surface area contributed by atoms with Crippen molar-refractivity contribution in [1.29, 1.82) is 0 Å². The molecule has 0 fully saturated rings. The molecule has 0 N–H and O–H groups in total. The summed E-state index contributed by atoms with van der Waals surface area (Å²) in [5.41, 5.74) is 0.502. The van der Waals surface area contributed by atoms with Gasteiger partial charge in [0.2, 0.25) is 0 Å².